The van der Waals surface area contributed by atoms with Gasteiger partial charge in [0.25, 0.3) is 0 Å². The van der Waals surface area contributed by atoms with E-state index in [1.54, 1.807) is 11.1 Å². The van der Waals surface area contributed by atoms with Gasteiger partial charge in [0.05, 0.1) is 40.3 Å². The Morgan fingerprint density at radius 3 is 0.892 bits per heavy atom. The van der Waals surface area contributed by atoms with E-state index in [1.807, 2.05) is 37.4 Å². The zero-order valence-corrected chi connectivity index (χ0v) is 86.2. The Labute approximate surface area is 762 Å². The minimum Gasteiger partial charge on any atom is -0.497 e. The number of rotatable bonds is 2. The number of nitrogens with zero attached hydrogens (tertiary/aromatic N) is 5. The Kier molecular flexibility index (Phi) is 43.4. The molecule has 9 heteroatoms. The van der Waals surface area contributed by atoms with E-state index in [-0.39, 0.29) is 113 Å². The fourth-order valence-corrected chi connectivity index (χ4v) is 21.9. The van der Waals surface area contributed by atoms with E-state index in [0.29, 0.717) is 26.4 Å². The van der Waals surface area contributed by atoms with Crippen molar-refractivity contribution in [3.8, 4) is 0 Å². The molecule has 0 amide bonds. The molecule has 2 aromatic carbocycles. The van der Waals surface area contributed by atoms with Crippen LogP contribution in [-0.4, -0.2) is 102 Å². The summed E-state index contributed by atoms with van der Waals surface area (Å²) < 4.78 is 11.5. The van der Waals surface area contributed by atoms with Crippen LogP contribution in [0.4, 0.5) is 11.4 Å². The number of allylic oxidation sites excluding steroid dienone is 8. The summed E-state index contributed by atoms with van der Waals surface area (Å²) in [5, 5.41) is 0. The summed E-state index contributed by atoms with van der Waals surface area (Å²) in [5.74, 6) is 3.48. The Morgan fingerprint density at radius 1 is 0.342 bits per heavy atom. The highest BCUT2D eigenvalue weighted by molar-refractivity contribution is 8.04. The van der Waals surface area contributed by atoms with Gasteiger partial charge in [-0.2, -0.15) is 0 Å². The number of hydrogen-bond donors (Lipinski definition) is 0. The van der Waals surface area contributed by atoms with E-state index in [1.165, 1.54) is 112 Å². The SMILES string of the molecule is C.C.C.C.C.C.C.CC1=C(C)C(C)(C)C(C)(C)N1C.CC1=C(C)C(C)(C)C(C)(C)O1.CC1=C(C)C(C)(C)C(C)(C)S1.CC1=C(C)C(C)(C)CN1C.CC1=C(C)C(C)(C)CO1.CC1=C(C)C(C)(C)CS1.CC1=C(C)C(C)(C)N(C(C)(C)C)C1(C)C.CC1=C(C)C(C)(C)N(c2c(C)cccc2C)C1(C)C.CC1=C(C)C(C)(C)N(c2ccccc2)C1(C)C. The third-order valence-electron chi connectivity index (χ3n) is 32.2. The van der Waals surface area contributed by atoms with Crippen LogP contribution in [0.25, 0.3) is 0 Å². The van der Waals surface area contributed by atoms with Crippen molar-refractivity contribution in [1.82, 2.24) is 14.7 Å². The monoisotopic (exact) mass is 1710 g/mol. The van der Waals surface area contributed by atoms with Crippen molar-refractivity contribution in [2.24, 2.45) is 32.5 Å². The Morgan fingerprint density at radius 2 is 0.717 bits per heavy atom. The molecule has 0 bridgehead atoms. The largest absolute Gasteiger partial charge is 0.497 e. The Bertz CT molecular complexity index is 3870. The molecular formula is C111H207N5O2S2. The van der Waals surface area contributed by atoms with Gasteiger partial charge in [-0.3, -0.25) is 4.90 Å². The van der Waals surface area contributed by atoms with Crippen LogP contribution >= 0.6 is 23.5 Å². The fourth-order valence-electron chi connectivity index (χ4n) is 19.0. The van der Waals surface area contributed by atoms with Gasteiger partial charge in [0.2, 0.25) is 0 Å². The topological polar surface area (TPSA) is 34.7 Å². The quantitative estimate of drug-likeness (QED) is 0.273. The number of hydrogen-bond acceptors (Lipinski definition) is 9. The van der Waals surface area contributed by atoms with E-state index in [0.717, 1.165) is 18.1 Å². The van der Waals surface area contributed by atoms with Crippen LogP contribution in [0, 0.1) is 46.3 Å². The van der Waals surface area contributed by atoms with Crippen molar-refractivity contribution < 1.29 is 9.47 Å². The van der Waals surface area contributed by atoms with Gasteiger partial charge < -0.3 is 29.1 Å². The van der Waals surface area contributed by atoms with Crippen molar-refractivity contribution in [3.05, 3.63) is 159 Å². The molecule has 9 heterocycles. The summed E-state index contributed by atoms with van der Waals surface area (Å²) in [5.41, 5.74) is 29.4. The maximum absolute atomic E-state index is 5.76. The molecule has 0 aromatic heterocycles. The van der Waals surface area contributed by atoms with Gasteiger partial charge in [-0.25, -0.2) is 0 Å². The van der Waals surface area contributed by atoms with Gasteiger partial charge in [0.1, 0.15) is 5.60 Å². The van der Waals surface area contributed by atoms with Crippen molar-refractivity contribution in [2.45, 2.75) is 474 Å². The van der Waals surface area contributed by atoms with E-state index in [2.05, 4.69) is 440 Å². The maximum Gasteiger partial charge on any atom is 0.112 e. The minimum atomic E-state index is -0.0405. The van der Waals surface area contributed by atoms with Crippen molar-refractivity contribution >= 4 is 34.9 Å². The lowest BCUT2D eigenvalue weighted by molar-refractivity contribution is -0.00763. The summed E-state index contributed by atoms with van der Waals surface area (Å²) in [6.07, 6.45) is 0. The van der Waals surface area contributed by atoms with Gasteiger partial charge in [-0.1, -0.05) is 194 Å². The number of aryl methyl sites for hydroxylation is 2. The van der Waals surface area contributed by atoms with Crippen LogP contribution in [0.2, 0.25) is 0 Å². The lowest BCUT2D eigenvalue weighted by Crippen LogP contribution is -2.59. The first-order chi connectivity index (χ1) is 50.2. The third kappa shape index (κ3) is 24.3. The number of thioether (sulfide) groups is 2. The molecule has 700 valence electrons. The number of anilines is 2. The van der Waals surface area contributed by atoms with E-state index in [4.69, 9.17) is 9.47 Å². The van der Waals surface area contributed by atoms with E-state index >= 15 is 0 Å². The molecule has 11 rings (SSSR count). The summed E-state index contributed by atoms with van der Waals surface area (Å²) in [7, 11) is 4.35. The molecule has 0 fully saturated rings. The normalized spacial score (nSPS) is 23.2. The molecular weight excluding hydrogens is 1500 g/mol. The van der Waals surface area contributed by atoms with Gasteiger partial charge in [0, 0.05) is 103 Å². The molecule has 0 saturated carbocycles. The second kappa shape index (κ2) is 42.0. The van der Waals surface area contributed by atoms with Crippen LogP contribution in [0.3, 0.4) is 0 Å². The average Bonchev–Trinajstić information content (AvgIpc) is 1.59. The summed E-state index contributed by atoms with van der Waals surface area (Å²) in [6.45, 7) is 122. The first-order valence-electron chi connectivity index (χ1n) is 42.9. The molecule has 9 aliphatic heterocycles. The van der Waals surface area contributed by atoms with Crippen LogP contribution in [0.15, 0.2) is 148 Å². The first-order valence-corrected chi connectivity index (χ1v) is 44.7. The molecule has 0 atom stereocenters. The smallest absolute Gasteiger partial charge is 0.112 e. The van der Waals surface area contributed by atoms with Gasteiger partial charge in [0.15, 0.2) is 0 Å². The van der Waals surface area contributed by atoms with Crippen molar-refractivity contribution in [1.29, 1.82) is 0 Å². The van der Waals surface area contributed by atoms with Crippen molar-refractivity contribution in [2.75, 3.05) is 42.8 Å². The number of para-hydroxylation sites is 2. The standard InChI is InChI=1S/C18H27N.C16H23N.C14H27N.C11H21N.C10H18O.C10H18S.C9H17N.C8H14O.C8H14S.7CH4/c1-12-10-9-11-13(2)16(12)19-17(5,6)14(3)15(4)18(19,7)8;1-12-13(2)16(5,6)17(15(12,3)4)14-10-8-7-9-11-14;1-10-11(2)14(8,9)15(12(3,4)5)13(10,6)7;1-8-9(2)12(7)11(5,6)10(8,3)4;2*1-7-8(2)11-10(5,6)9(7,3)4;1-7-8(2)10(5)6-9(7,3)4;2*1-6-7(2)9-5-8(6,3)4;;;;;;;/h9-11H,1-8H3;7-11H,1-6H3;1-9H3;1-7H3;2*1-6H3;6H2,1-5H3;2*5H2,1-4H3;7*1H4. The predicted molar refractivity (Wildman–Crippen MR) is 558 cm³/mol. The fraction of sp³-hybridized carbons (Fsp3) is 0.730. The molecule has 0 N–H and O–H groups in total. The molecule has 0 saturated heterocycles. The summed E-state index contributed by atoms with van der Waals surface area (Å²) in [4.78, 5) is 15.5. The Hall–Kier alpha value is -4.44. The van der Waals surface area contributed by atoms with Gasteiger partial charge in [-0.05, 0) is 367 Å². The second-order valence-corrected chi connectivity index (χ2v) is 47.3. The van der Waals surface area contributed by atoms with Gasteiger partial charge in [-0.15, -0.1) is 23.5 Å². The lowest BCUT2D eigenvalue weighted by Gasteiger charge is -2.51. The molecule has 120 heavy (non-hydrogen) atoms. The van der Waals surface area contributed by atoms with E-state index in [9.17, 15) is 0 Å². The molecule has 0 spiro atoms. The van der Waals surface area contributed by atoms with Crippen molar-refractivity contribution in [3.63, 3.8) is 0 Å². The average molecular weight is 1710 g/mol. The predicted octanol–water partition coefficient (Wildman–Crippen LogP) is 35.5. The highest BCUT2D eigenvalue weighted by Gasteiger charge is 2.54. The Balaban J connectivity index is -0.000000415. The number of benzene rings is 2. The highest BCUT2D eigenvalue weighted by Crippen LogP contribution is 2.58. The second-order valence-electron chi connectivity index (χ2n) is 44.3. The molecule has 0 radical (unpaired) electrons. The lowest BCUT2D eigenvalue weighted by atomic mass is 9.72. The van der Waals surface area contributed by atoms with Gasteiger partial charge >= 0.3 is 0 Å². The maximum atomic E-state index is 5.76. The minimum absolute atomic E-state index is 0. The summed E-state index contributed by atoms with van der Waals surface area (Å²) in [6, 6.07) is 17.3. The molecule has 0 aliphatic carbocycles. The summed E-state index contributed by atoms with van der Waals surface area (Å²) >= 11 is 4.01. The molecule has 0 unspecified atom stereocenters. The molecule has 7 nitrogen and oxygen atoms in total. The van der Waals surface area contributed by atoms with Crippen LogP contribution < -0.4 is 9.80 Å². The zero-order valence-electron chi connectivity index (χ0n) is 84.6. The third-order valence-corrected chi connectivity index (χ3v) is 35.4. The highest BCUT2D eigenvalue weighted by atomic mass is 32.2. The van der Waals surface area contributed by atoms with Crippen LogP contribution in [0.1, 0.15) is 416 Å². The van der Waals surface area contributed by atoms with Crippen LogP contribution in [0.5, 0.6) is 0 Å². The molecule has 2 aromatic rings. The number of ether oxygens (including phenoxy) is 2. The van der Waals surface area contributed by atoms with E-state index < -0.39 is 0 Å². The molecule has 9 aliphatic rings. The first kappa shape index (κ1) is 124. The zero-order chi connectivity index (χ0) is 89.2. The van der Waals surface area contributed by atoms with Crippen LogP contribution in [-0.2, 0) is 9.47 Å².